The van der Waals surface area contributed by atoms with E-state index in [0.717, 1.165) is 42.5 Å². The minimum Gasteiger partial charge on any atom is -0.423 e. The lowest BCUT2D eigenvalue weighted by atomic mass is 10.0. The van der Waals surface area contributed by atoms with Crippen LogP contribution in [0.15, 0.2) is 16.5 Å². The molecule has 3 rings (SSSR count). The van der Waals surface area contributed by atoms with Gasteiger partial charge in [0.25, 0.3) is 0 Å². The van der Waals surface area contributed by atoms with Crippen LogP contribution < -0.4 is 5.32 Å². The summed E-state index contributed by atoms with van der Waals surface area (Å²) in [5.74, 6) is 1.02. The molecule has 1 aromatic carbocycles. The smallest absolute Gasteiger partial charge is 0.322 e. The van der Waals surface area contributed by atoms with Crippen molar-refractivity contribution in [3.63, 3.8) is 0 Å². The predicted molar refractivity (Wildman–Crippen MR) is 96.9 cm³/mol. The molecule has 0 radical (unpaired) electrons. The van der Waals surface area contributed by atoms with Gasteiger partial charge >= 0.3 is 6.03 Å². The number of carbonyl (C=O) groups is 1. The Bertz CT molecular complexity index is 774. The Morgan fingerprint density at radius 2 is 2.16 bits per heavy atom. The van der Waals surface area contributed by atoms with Gasteiger partial charge in [-0.2, -0.15) is 0 Å². The van der Waals surface area contributed by atoms with Crippen molar-refractivity contribution in [2.75, 3.05) is 11.9 Å². The van der Waals surface area contributed by atoms with E-state index in [1.807, 2.05) is 19.1 Å². The molecule has 1 fully saturated rings. The number of urea groups is 1. The number of aryl methyl sites for hydroxylation is 2. The Kier molecular flexibility index (Phi) is 5.27. The maximum absolute atomic E-state index is 12.9. The number of amides is 2. The van der Waals surface area contributed by atoms with Crippen LogP contribution in [0.25, 0.3) is 0 Å². The third-order valence-corrected chi connectivity index (χ3v) is 5.00. The van der Waals surface area contributed by atoms with E-state index >= 15 is 0 Å². The van der Waals surface area contributed by atoms with Crippen molar-refractivity contribution in [3.8, 4) is 0 Å². The number of likely N-dealkylation sites (tertiary alicyclic amines) is 1. The summed E-state index contributed by atoms with van der Waals surface area (Å²) in [6.45, 7) is 6.53. The number of aromatic nitrogens is 2. The minimum atomic E-state index is -0.171. The molecular weight excluding hydrogens is 340 g/mol. The first kappa shape index (κ1) is 17.7. The summed E-state index contributed by atoms with van der Waals surface area (Å²) in [5.41, 5.74) is 2.88. The number of halogens is 1. The lowest BCUT2D eigenvalue weighted by Gasteiger charge is -2.24. The predicted octanol–water partition coefficient (Wildman–Crippen LogP) is 4.53. The molecule has 2 amide bonds. The quantitative estimate of drug-likeness (QED) is 0.867. The fourth-order valence-corrected chi connectivity index (χ4v) is 3.65. The van der Waals surface area contributed by atoms with Gasteiger partial charge in [0.05, 0.1) is 5.69 Å². The van der Waals surface area contributed by atoms with E-state index in [2.05, 4.69) is 22.4 Å². The number of nitrogens with one attached hydrogen (secondary N) is 1. The van der Waals surface area contributed by atoms with Gasteiger partial charge in [0.15, 0.2) is 0 Å². The fraction of sp³-hybridized carbons (Fsp3) is 0.500. The summed E-state index contributed by atoms with van der Waals surface area (Å²) in [7, 11) is 0. The van der Waals surface area contributed by atoms with Crippen LogP contribution in [0.4, 0.5) is 10.5 Å². The van der Waals surface area contributed by atoms with Gasteiger partial charge < -0.3 is 14.6 Å². The Morgan fingerprint density at radius 1 is 1.36 bits per heavy atom. The average molecular weight is 363 g/mol. The Labute approximate surface area is 152 Å². The van der Waals surface area contributed by atoms with Crippen molar-refractivity contribution in [1.82, 2.24) is 15.1 Å². The van der Waals surface area contributed by atoms with Crippen molar-refractivity contribution in [2.45, 2.75) is 52.5 Å². The first-order valence-corrected chi connectivity index (χ1v) is 9.10. The van der Waals surface area contributed by atoms with Crippen LogP contribution in [0.1, 0.15) is 55.6 Å². The Hall–Kier alpha value is -2.08. The molecule has 1 saturated heterocycles. The SMILES string of the molecule is CCc1ccc(Cl)c(CC)c1NC(=O)N1CCC[C@H]1c1nnc(C)o1. The molecule has 1 aliphatic heterocycles. The largest absolute Gasteiger partial charge is 0.423 e. The molecule has 2 heterocycles. The second-order valence-electron chi connectivity index (χ2n) is 6.21. The molecule has 0 bridgehead atoms. The van der Waals surface area contributed by atoms with Crippen LogP contribution >= 0.6 is 11.6 Å². The molecule has 0 spiro atoms. The second-order valence-corrected chi connectivity index (χ2v) is 6.62. The van der Waals surface area contributed by atoms with Crippen LogP contribution in [0.3, 0.4) is 0 Å². The van der Waals surface area contributed by atoms with E-state index in [-0.39, 0.29) is 12.1 Å². The lowest BCUT2D eigenvalue weighted by Crippen LogP contribution is -2.35. The molecule has 7 heteroatoms. The van der Waals surface area contributed by atoms with E-state index < -0.39 is 0 Å². The van der Waals surface area contributed by atoms with Crippen LogP contribution in [0.2, 0.25) is 5.02 Å². The van der Waals surface area contributed by atoms with Crippen molar-refractivity contribution in [3.05, 3.63) is 40.1 Å². The number of rotatable bonds is 4. The minimum absolute atomic E-state index is 0.148. The number of anilines is 1. The highest BCUT2D eigenvalue weighted by atomic mass is 35.5. The monoisotopic (exact) mass is 362 g/mol. The van der Waals surface area contributed by atoms with Gasteiger partial charge in [0.2, 0.25) is 11.8 Å². The number of carbonyl (C=O) groups excluding carboxylic acids is 1. The molecule has 2 aromatic rings. The zero-order valence-corrected chi connectivity index (χ0v) is 15.6. The highest BCUT2D eigenvalue weighted by molar-refractivity contribution is 6.32. The molecule has 0 aliphatic carbocycles. The van der Waals surface area contributed by atoms with Crippen LogP contribution in [-0.2, 0) is 12.8 Å². The Morgan fingerprint density at radius 3 is 2.80 bits per heavy atom. The molecule has 0 saturated carbocycles. The molecule has 134 valence electrons. The van der Waals surface area contributed by atoms with Crippen molar-refractivity contribution in [2.24, 2.45) is 0 Å². The first-order valence-electron chi connectivity index (χ1n) is 8.73. The molecule has 0 unspecified atom stereocenters. The first-order chi connectivity index (χ1) is 12.0. The van der Waals surface area contributed by atoms with Gasteiger partial charge in [-0.1, -0.05) is 31.5 Å². The van der Waals surface area contributed by atoms with Crippen LogP contribution in [0, 0.1) is 6.92 Å². The standard InChI is InChI=1S/C18H23ClN4O2/c1-4-12-8-9-14(19)13(5-2)16(12)20-18(24)23-10-6-7-15(23)17-22-21-11(3)25-17/h8-9,15H,4-7,10H2,1-3H3,(H,20,24)/t15-/m0/s1. The summed E-state index contributed by atoms with van der Waals surface area (Å²) in [5, 5.41) is 11.7. The molecule has 6 nitrogen and oxygen atoms in total. The normalized spacial score (nSPS) is 17.1. The summed E-state index contributed by atoms with van der Waals surface area (Å²) in [4.78, 5) is 14.7. The Balaban J connectivity index is 1.86. The third-order valence-electron chi connectivity index (χ3n) is 4.65. The van der Waals surface area contributed by atoms with Gasteiger partial charge in [-0.3, -0.25) is 0 Å². The highest BCUT2D eigenvalue weighted by Gasteiger charge is 2.34. The fourth-order valence-electron chi connectivity index (χ4n) is 3.36. The van der Waals surface area contributed by atoms with Crippen LogP contribution in [-0.4, -0.2) is 27.7 Å². The zero-order chi connectivity index (χ0) is 18.0. The summed E-state index contributed by atoms with van der Waals surface area (Å²) in [6, 6.07) is 3.55. The van der Waals surface area contributed by atoms with E-state index in [9.17, 15) is 4.79 Å². The second kappa shape index (κ2) is 7.44. The van der Waals surface area contributed by atoms with Crippen molar-refractivity contribution in [1.29, 1.82) is 0 Å². The lowest BCUT2D eigenvalue weighted by molar-refractivity contribution is 0.197. The molecule has 1 aliphatic rings. The van der Waals surface area contributed by atoms with Crippen molar-refractivity contribution < 1.29 is 9.21 Å². The molecule has 1 atom stereocenters. The summed E-state index contributed by atoms with van der Waals surface area (Å²) in [6.07, 6.45) is 3.32. The summed E-state index contributed by atoms with van der Waals surface area (Å²) < 4.78 is 5.54. The van der Waals surface area contributed by atoms with Gasteiger partial charge in [-0.15, -0.1) is 10.2 Å². The number of hydrogen-bond acceptors (Lipinski definition) is 4. The topological polar surface area (TPSA) is 71.3 Å². The van der Waals surface area contributed by atoms with E-state index in [1.54, 1.807) is 11.8 Å². The number of nitrogens with zero attached hydrogens (tertiary/aromatic N) is 3. The van der Waals surface area contributed by atoms with Gasteiger partial charge in [-0.05, 0) is 42.9 Å². The summed E-state index contributed by atoms with van der Waals surface area (Å²) >= 11 is 6.33. The van der Waals surface area contributed by atoms with Crippen LogP contribution in [0.5, 0.6) is 0 Å². The molecular formula is C18H23ClN4O2. The van der Waals surface area contributed by atoms with Gasteiger partial charge in [0.1, 0.15) is 6.04 Å². The van der Waals surface area contributed by atoms with Gasteiger partial charge in [-0.25, -0.2) is 4.79 Å². The maximum atomic E-state index is 12.9. The molecule has 1 aromatic heterocycles. The number of benzene rings is 1. The third kappa shape index (κ3) is 3.49. The maximum Gasteiger partial charge on any atom is 0.322 e. The number of hydrogen-bond donors (Lipinski definition) is 1. The molecule has 25 heavy (non-hydrogen) atoms. The van der Waals surface area contributed by atoms with Gasteiger partial charge in [0, 0.05) is 18.5 Å². The van der Waals surface area contributed by atoms with E-state index in [0.29, 0.717) is 23.3 Å². The average Bonchev–Trinajstić information content (AvgIpc) is 3.24. The van der Waals surface area contributed by atoms with E-state index in [1.165, 1.54) is 0 Å². The zero-order valence-electron chi connectivity index (χ0n) is 14.8. The van der Waals surface area contributed by atoms with E-state index in [4.69, 9.17) is 16.0 Å². The molecule has 1 N–H and O–H groups in total. The highest BCUT2D eigenvalue weighted by Crippen LogP contribution is 2.34. The van der Waals surface area contributed by atoms with Crippen molar-refractivity contribution >= 4 is 23.3 Å².